The Kier molecular flexibility index (Phi) is 4.04. The minimum Gasteiger partial charge on any atom is -0.486 e. The van der Waals surface area contributed by atoms with Crippen LogP contribution in [0.2, 0.25) is 0 Å². The Balaban J connectivity index is 2.02. The zero-order chi connectivity index (χ0) is 13.0. The highest BCUT2D eigenvalue weighted by molar-refractivity contribution is 5.94. The first-order valence-corrected chi connectivity index (χ1v) is 5.99. The summed E-state index contributed by atoms with van der Waals surface area (Å²) in [6, 6.07) is 5.11. The van der Waals surface area contributed by atoms with E-state index in [0.717, 1.165) is 0 Å². The number of hydrogen-bond donors (Lipinski definition) is 2. The van der Waals surface area contributed by atoms with Gasteiger partial charge in [0.05, 0.1) is 0 Å². The number of rotatable bonds is 4. The predicted molar refractivity (Wildman–Crippen MR) is 66.0 cm³/mol. The average Bonchev–Trinajstić information content (AvgIpc) is 2.43. The fourth-order valence-corrected chi connectivity index (χ4v) is 1.62. The molecule has 0 bridgehead atoms. The number of ether oxygens (including phenoxy) is 2. The number of hydrogen-bond acceptors (Lipinski definition) is 4. The van der Waals surface area contributed by atoms with Gasteiger partial charge in [-0.15, -0.1) is 0 Å². The van der Waals surface area contributed by atoms with Gasteiger partial charge in [-0.05, 0) is 24.1 Å². The summed E-state index contributed by atoms with van der Waals surface area (Å²) >= 11 is 0. The molecule has 2 rings (SSSR count). The Morgan fingerprint density at radius 2 is 2.11 bits per heavy atom. The third kappa shape index (κ3) is 2.92. The van der Waals surface area contributed by atoms with E-state index in [1.807, 2.05) is 6.92 Å². The molecule has 18 heavy (non-hydrogen) atoms. The third-order valence-corrected chi connectivity index (χ3v) is 2.73. The first kappa shape index (κ1) is 12.7. The maximum absolute atomic E-state index is 11.9. The van der Waals surface area contributed by atoms with Gasteiger partial charge in [-0.25, -0.2) is 0 Å². The molecule has 1 aliphatic heterocycles. The van der Waals surface area contributed by atoms with Crippen LogP contribution in [0.5, 0.6) is 11.5 Å². The van der Waals surface area contributed by atoms with E-state index in [-0.39, 0.29) is 18.4 Å². The molecule has 1 aromatic rings. The number of nitrogens with one attached hydrogen (secondary N) is 1. The van der Waals surface area contributed by atoms with E-state index >= 15 is 0 Å². The lowest BCUT2D eigenvalue weighted by molar-refractivity contribution is 0.0941. The molecule has 5 heteroatoms. The first-order valence-electron chi connectivity index (χ1n) is 5.99. The average molecular weight is 251 g/mol. The molecular formula is C13H17NO4. The summed E-state index contributed by atoms with van der Waals surface area (Å²) in [5.41, 5.74) is 0.532. The van der Waals surface area contributed by atoms with Crippen molar-refractivity contribution in [3.05, 3.63) is 23.8 Å². The van der Waals surface area contributed by atoms with Gasteiger partial charge in [-0.2, -0.15) is 0 Å². The topological polar surface area (TPSA) is 67.8 Å². The molecule has 1 heterocycles. The van der Waals surface area contributed by atoms with Gasteiger partial charge < -0.3 is 19.9 Å². The standard InChI is InChI=1S/C13H17NO4/c1-9(8-15)7-14-13(16)10-2-3-11-12(6-10)18-5-4-17-11/h2-3,6,9,15H,4-5,7-8H2,1H3,(H,14,16). The van der Waals surface area contributed by atoms with Crippen LogP contribution in [0.1, 0.15) is 17.3 Å². The number of aliphatic hydroxyl groups excluding tert-OH is 1. The van der Waals surface area contributed by atoms with Crippen molar-refractivity contribution < 1.29 is 19.4 Å². The van der Waals surface area contributed by atoms with Crippen LogP contribution in [-0.4, -0.2) is 37.4 Å². The Labute approximate surface area is 106 Å². The fraction of sp³-hybridized carbons (Fsp3) is 0.462. The molecule has 0 aromatic heterocycles. The Morgan fingerprint density at radius 3 is 2.83 bits per heavy atom. The van der Waals surface area contributed by atoms with Gasteiger partial charge in [0.2, 0.25) is 0 Å². The molecule has 0 aliphatic carbocycles. The highest BCUT2D eigenvalue weighted by Gasteiger charge is 2.15. The van der Waals surface area contributed by atoms with Crippen LogP contribution in [0.3, 0.4) is 0 Å². The number of carbonyl (C=O) groups excluding carboxylic acids is 1. The molecule has 2 N–H and O–H groups in total. The van der Waals surface area contributed by atoms with E-state index in [2.05, 4.69) is 5.32 Å². The molecule has 1 aliphatic rings. The summed E-state index contributed by atoms with van der Waals surface area (Å²) in [6.45, 7) is 3.40. The van der Waals surface area contributed by atoms with Crippen molar-refractivity contribution in [2.45, 2.75) is 6.92 Å². The van der Waals surface area contributed by atoms with Gasteiger partial charge in [0, 0.05) is 18.7 Å². The SMILES string of the molecule is CC(CO)CNC(=O)c1ccc2c(c1)OCCO2. The Hall–Kier alpha value is -1.75. The lowest BCUT2D eigenvalue weighted by Gasteiger charge is -2.18. The highest BCUT2D eigenvalue weighted by Crippen LogP contribution is 2.30. The molecule has 0 radical (unpaired) electrons. The molecule has 0 spiro atoms. The summed E-state index contributed by atoms with van der Waals surface area (Å²) < 4.78 is 10.8. The van der Waals surface area contributed by atoms with Crippen LogP contribution in [0.4, 0.5) is 0 Å². The van der Waals surface area contributed by atoms with Crippen molar-refractivity contribution in [3.63, 3.8) is 0 Å². The van der Waals surface area contributed by atoms with Crippen molar-refractivity contribution in [2.24, 2.45) is 5.92 Å². The van der Waals surface area contributed by atoms with Gasteiger partial charge in [-0.1, -0.05) is 6.92 Å². The molecule has 1 atom stereocenters. The molecule has 5 nitrogen and oxygen atoms in total. The van der Waals surface area contributed by atoms with Crippen LogP contribution in [0.15, 0.2) is 18.2 Å². The van der Waals surface area contributed by atoms with Crippen molar-refractivity contribution in [3.8, 4) is 11.5 Å². The van der Waals surface area contributed by atoms with E-state index in [1.54, 1.807) is 18.2 Å². The lowest BCUT2D eigenvalue weighted by atomic mass is 10.1. The molecule has 1 aromatic carbocycles. The molecule has 1 amide bonds. The minimum atomic E-state index is -0.174. The first-order chi connectivity index (χ1) is 8.70. The molecule has 0 fully saturated rings. The summed E-state index contributed by atoms with van der Waals surface area (Å²) in [4.78, 5) is 11.9. The fourth-order valence-electron chi connectivity index (χ4n) is 1.62. The van der Waals surface area contributed by atoms with E-state index in [1.165, 1.54) is 0 Å². The van der Waals surface area contributed by atoms with Gasteiger partial charge in [-0.3, -0.25) is 4.79 Å². The third-order valence-electron chi connectivity index (χ3n) is 2.73. The van der Waals surface area contributed by atoms with Crippen LogP contribution in [0.25, 0.3) is 0 Å². The molecule has 0 saturated carbocycles. The normalized spacial score (nSPS) is 15.0. The Bertz CT molecular complexity index is 433. The minimum absolute atomic E-state index is 0.0474. The number of amides is 1. The smallest absolute Gasteiger partial charge is 0.251 e. The zero-order valence-corrected chi connectivity index (χ0v) is 10.3. The molecular weight excluding hydrogens is 234 g/mol. The molecule has 0 saturated heterocycles. The van der Waals surface area contributed by atoms with Crippen molar-refractivity contribution in [2.75, 3.05) is 26.4 Å². The second-order valence-corrected chi connectivity index (χ2v) is 4.36. The largest absolute Gasteiger partial charge is 0.486 e. The number of aliphatic hydroxyl groups is 1. The molecule has 1 unspecified atom stereocenters. The van der Waals surface area contributed by atoms with E-state index in [9.17, 15) is 4.79 Å². The van der Waals surface area contributed by atoms with E-state index in [4.69, 9.17) is 14.6 Å². The van der Waals surface area contributed by atoms with Crippen LogP contribution >= 0.6 is 0 Å². The van der Waals surface area contributed by atoms with Crippen LogP contribution in [0, 0.1) is 5.92 Å². The quantitative estimate of drug-likeness (QED) is 0.831. The van der Waals surface area contributed by atoms with Crippen LogP contribution < -0.4 is 14.8 Å². The van der Waals surface area contributed by atoms with E-state index in [0.29, 0.717) is 36.8 Å². The van der Waals surface area contributed by atoms with Crippen molar-refractivity contribution >= 4 is 5.91 Å². The maximum Gasteiger partial charge on any atom is 0.251 e. The van der Waals surface area contributed by atoms with Gasteiger partial charge in [0.25, 0.3) is 5.91 Å². The molecule has 98 valence electrons. The van der Waals surface area contributed by atoms with Crippen molar-refractivity contribution in [1.29, 1.82) is 0 Å². The summed E-state index contributed by atoms with van der Waals surface area (Å²) in [5, 5.41) is 11.6. The Morgan fingerprint density at radius 1 is 1.39 bits per heavy atom. The summed E-state index contributed by atoms with van der Waals surface area (Å²) in [7, 11) is 0. The van der Waals surface area contributed by atoms with Crippen molar-refractivity contribution in [1.82, 2.24) is 5.32 Å². The van der Waals surface area contributed by atoms with E-state index < -0.39 is 0 Å². The van der Waals surface area contributed by atoms with Gasteiger partial charge >= 0.3 is 0 Å². The second kappa shape index (κ2) is 5.73. The zero-order valence-electron chi connectivity index (χ0n) is 10.3. The predicted octanol–water partition coefficient (Wildman–Crippen LogP) is 0.816. The monoisotopic (exact) mass is 251 g/mol. The number of carbonyl (C=O) groups is 1. The van der Waals surface area contributed by atoms with Crippen LogP contribution in [-0.2, 0) is 0 Å². The van der Waals surface area contributed by atoms with Gasteiger partial charge in [0.15, 0.2) is 11.5 Å². The summed E-state index contributed by atoms with van der Waals surface area (Å²) in [5.74, 6) is 1.14. The maximum atomic E-state index is 11.9. The number of benzene rings is 1. The second-order valence-electron chi connectivity index (χ2n) is 4.36. The van der Waals surface area contributed by atoms with Gasteiger partial charge in [0.1, 0.15) is 13.2 Å². The highest BCUT2D eigenvalue weighted by atomic mass is 16.6. The number of fused-ring (bicyclic) bond motifs is 1. The lowest BCUT2D eigenvalue weighted by Crippen LogP contribution is -2.29. The summed E-state index contributed by atoms with van der Waals surface area (Å²) in [6.07, 6.45) is 0.